The van der Waals surface area contributed by atoms with Crippen molar-refractivity contribution in [3.05, 3.63) is 11.6 Å². The average molecular weight is 425 g/mol. The van der Waals surface area contributed by atoms with Gasteiger partial charge in [0.25, 0.3) is 0 Å². The first kappa shape index (κ1) is 22.9. The molecule has 0 aliphatic heterocycles. The van der Waals surface area contributed by atoms with E-state index in [1.54, 1.807) is 12.5 Å². The fraction of sp³-hybridized carbons (Fsp3) is 0.828. The second-order valence-corrected chi connectivity index (χ2v) is 12.1. The van der Waals surface area contributed by atoms with Crippen LogP contribution in [0.3, 0.4) is 0 Å². The Kier molecular flexibility index (Phi) is 6.37. The minimum absolute atomic E-state index is 0.103. The van der Waals surface area contributed by atoms with Gasteiger partial charge in [-0.25, -0.2) is 0 Å². The Morgan fingerprint density at radius 3 is 2.61 bits per heavy atom. The molecule has 0 bridgehead atoms. The SMILES string of the molecule is CC(=O)O[C@H]1CC[C@@]2(C)C(=CC[C@H]3[C@@H]4CC[C@H]([C@H](C)CC#CC(C)C)[C@@]4(C)CC[C@@H]32)C1. The Morgan fingerprint density at radius 1 is 1.13 bits per heavy atom. The molecule has 31 heavy (non-hydrogen) atoms. The van der Waals surface area contributed by atoms with Gasteiger partial charge in [0, 0.05) is 25.7 Å². The number of carbonyl (C=O) groups is 1. The van der Waals surface area contributed by atoms with Crippen LogP contribution in [0, 0.1) is 58.2 Å². The number of fused-ring (bicyclic) bond motifs is 5. The van der Waals surface area contributed by atoms with Gasteiger partial charge in [-0.05, 0) is 85.4 Å². The molecule has 0 amide bonds. The van der Waals surface area contributed by atoms with E-state index in [0.717, 1.165) is 42.9 Å². The van der Waals surface area contributed by atoms with Gasteiger partial charge in [0.05, 0.1) is 0 Å². The van der Waals surface area contributed by atoms with Crippen LogP contribution in [-0.2, 0) is 9.53 Å². The number of hydrogen-bond donors (Lipinski definition) is 0. The smallest absolute Gasteiger partial charge is 0.302 e. The van der Waals surface area contributed by atoms with Crippen LogP contribution in [0.5, 0.6) is 0 Å². The average Bonchev–Trinajstić information content (AvgIpc) is 3.05. The highest BCUT2D eigenvalue weighted by molar-refractivity contribution is 5.66. The third-order valence-corrected chi connectivity index (χ3v) is 9.97. The summed E-state index contributed by atoms with van der Waals surface area (Å²) >= 11 is 0. The molecule has 0 unspecified atom stereocenters. The summed E-state index contributed by atoms with van der Waals surface area (Å²) in [6.45, 7) is 13.6. The highest BCUT2D eigenvalue weighted by Gasteiger charge is 2.59. The molecule has 8 atom stereocenters. The van der Waals surface area contributed by atoms with Gasteiger partial charge in [0.1, 0.15) is 6.10 Å². The third kappa shape index (κ3) is 4.12. The van der Waals surface area contributed by atoms with Crippen molar-refractivity contribution >= 4 is 5.97 Å². The molecule has 3 saturated carbocycles. The highest BCUT2D eigenvalue weighted by Crippen LogP contribution is 2.67. The van der Waals surface area contributed by atoms with Gasteiger partial charge in [-0.3, -0.25) is 4.79 Å². The van der Waals surface area contributed by atoms with Crippen LogP contribution in [-0.4, -0.2) is 12.1 Å². The van der Waals surface area contributed by atoms with Crippen LogP contribution in [0.15, 0.2) is 11.6 Å². The molecule has 0 aromatic heterocycles. The number of carbonyl (C=O) groups excluding carboxylic acids is 1. The quantitative estimate of drug-likeness (QED) is 0.272. The van der Waals surface area contributed by atoms with Crippen molar-refractivity contribution in [2.24, 2.45) is 46.3 Å². The number of hydrogen-bond acceptors (Lipinski definition) is 2. The maximum absolute atomic E-state index is 11.5. The largest absolute Gasteiger partial charge is 0.462 e. The second kappa shape index (κ2) is 8.61. The fourth-order valence-electron chi connectivity index (χ4n) is 8.50. The van der Waals surface area contributed by atoms with Gasteiger partial charge in [0.15, 0.2) is 0 Å². The Balaban J connectivity index is 1.50. The molecule has 4 rings (SSSR count). The lowest BCUT2D eigenvalue weighted by atomic mass is 9.47. The van der Waals surface area contributed by atoms with E-state index >= 15 is 0 Å². The van der Waals surface area contributed by atoms with Crippen molar-refractivity contribution < 1.29 is 9.53 Å². The Labute approximate surface area is 191 Å². The zero-order valence-corrected chi connectivity index (χ0v) is 20.8. The normalized spacial score (nSPS) is 42.4. The minimum Gasteiger partial charge on any atom is -0.462 e. The van der Waals surface area contributed by atoms with Crippen LogP contribution in [0.1, 0.15) is 99.3 Å². The first-order valence-electron chi connectivity index (χ1n) is 13.0. The van der Waals surface area contributed by atoms with Gasteiger partial charge in [0.2, 0.25) is 0 Å². The van der Waals surface area contributed by atoms with E-state index in [9.17, 15) is 4.79 Å². The molecule has 0 aromatic rings. The summed E-state index contributed by atoms with van der Waals surface area (Å²) in [7, 11) is 0. The van der Waals surface area contributed by atoms with Crippen molar-refractivity contribution in [1.29, 1.82) is 0 Å². The minimum atomic E-state index is -0.125. The zero-order chi connectivity index (χ0) is 22.4. The van der Waals surface area contributed by atoms with Gasteiger partial charge in [-0.2, -0.15) is 0 Å². The molecule has 0 heterocycles. The maximum Gasteiger partial charge on any atom is 0.302 e. The molecule has 2 nitrogen and oxygen atoms in total. The predicted octanol–water partition coefficient (Wildman–Crippen LogP) is 7.18. The lowest BCUT2D eigenvalue weighted by Gasteiger charge is -2.58. The van der Waals surface area contributed by atoms with Crippen LogP contribution in [0.25, 0.3) is 0 Å². The van der Waals surface area contributed by atoms with E-state index in [1.165, 1.54) is 38.5 Å². The van der Waals surface area contributed by atoms with Gasteiger partial charge < -0.3 is 4.74 Å². The summed E-state index contributed by atoms with van der Waals surface area (Å²) in [5, 5.41) is 0. The summed E-state index contributed by atoms with van der Waals surface area (Å²) in [5.74, 6) is 11.3. The molecule has 0 spiro atoms. The number of allylic oxidation sites excluding steroid dienone is 1. The monoisotopic (exact) mass is 424 g/mol. The second-order valence-electron chi connectivity index (χ2n) is 12.1. The maximum atomic E-state index is 11.5. The Morgan fingerprint density at radius 2 is 1.90 bits per heavy atom. The van der Waals surface area contributed by atoms with Crippen LogP contribution >= 0.6 is 0 Å². The zero-order valence-electron chi connectivity index (χ0n) is 20.8. The lowest BCUT2D eigenvalue weighted by Crippen LogP contribution is -2.51. The van der Waals surface area contributed by atoms with Crippen molar-refractivity contribution in [2.45, 2.75) is 105 Å². The summed E-state index contributed by atoms with van der Waals surface area (Å²) in [4.78, 5) is 11.5. The van der Waals surface area contributed by atoms with Crippen molar-refractivity contribution in [2.75, 3.05) is 0 Å². The van der Waals surface area contributed by atoms with E-state index in [4.69, 9.17) is 4.74 Å². The topological polar surface area (TPSA) is 26.3 Å². The predicted molar refractivity (Wildman–Crippen MR) is 127 cm³/mol. The molecule has 3 fully saturated rings. The summed E-state index contributed by atoms with van der Waals surface area (Å²) in [5.41, 5.74) is 2.42. The van der Waals surface area contributed by atoms with Crippen molar-refractivity contribution in [3.8, 4) is 11.8 Å². The molecule has 0 saturated heterocycles. The van der Waals surface area contributed by atoms with E-state index < -0.39 is 0 Å². The number of ether oxygens (including phenoxy) is 1. The molecule has 2 heteroatoms. The molecule has 4 aliphatic carbocycles. The van der Waals surface area contributed by atoms with Crippen molar-refractivity contribution in [3.63, 3.8) is 0 Å². The molecule has 172 valence electrons. The molecule has 4 aliphatic rings. The summed E-state index contributed by atoms with van der Waals surface area (Å²) in [6, 6.07) is 0. The van der Waals surface area contributed by atoms with Gasteiger partial charge in [-0.1, -0.05) is 46.3 Å². The summed E-state index contributed by atoms with van der Waals surface area (Å²) in [6.07, 6.45) is 13.8. The van der Waals surface area contributed by atoms with Crippen LogP contribution < -0.4 is 0 Å². The van der Waals surface area contributed by atoms with Gasteiger partial charge in [-0.15, -0.1) is 11.8 Å². The Hall–Kier alpha value is -1.23. The summed E-state index contributed by atoms with van der Waals surface area (Å²) < 4.78 is 5.60. The van der Waals surface area contributed by atoms with Crippen LogP contribution in [0.4, 0.5) is 0 Å². The van der Waals surface area contributed by atoms with Gasteiger partial charge >= 0.3 is 5.97 Å². The van der Waals surface area contributed by atoms with E-state index in [0.29, 0.717) is 22.7 Å². The fourth-order valence-corrected chi connectivity index (χ4v) is 8.50. The molecular weight excluding hydrogens is 380 g/mol. The molecule has 0 N–H and O–H groups in total. The highest BCUT2D eigenvalue weighted by atomic mass is 16.5. The van der Waals surface area contributed by atoms with E-state index in [2.05, 4.69) is 52.5 Å². The molecule has 0 aromatic carbocycles. The Bertz CT molecular complexity index is 782. The first-order chi connectivity index (χ1) is 14.6. The first-order valence-corrected chi connectivity index (χ1v) is 13.0. The van der Waals surface area contributed by atoms with E-state index in [1.807, 2.05) is 0 Å². The van der Waals surface area contributed by atoms with Crippen molar-refractivity contribution in [1.82, 2.24) is 0 Å². The number of rotatable bonds is 3. The standard InChI is InChI=1S/C29H44O2/c1-19(2)8-7-9-20(3)25-12-13-26-24-11-10-22-18-23(31-21(4)30)14-16-28(22,5)27(24)15-17-29(25,26)6/h10,19-20,23-27H,9,11-18H2,1-6H3/t20-,23+,24+,25-,26+,27+,28+,29-/m1/s1. The third-order valence-electron chi connectivity index (χ3n) is 9.97. The molecule has 0 radical (unpaired) electrons. The number of esters is 1. The van der Waals surface area contributed by atoms with E-state index in [-0.39, 0.29) is 12.1 Å². The lowest BCUT2D eigenvalue weighted by molar-refractivity contribution is -0.148. The molecular formula is C29H44O2. The van der Waals surface area contributed by atoms with Crippen LogP contribution in [0.2, 0.25) is 0 Å².